The molecular weight excluding hydrogens is 422 g/mol. The number of ether oxygens (including phenoxy) is 2. The van der Waals surface area contributed by atoms with Crippen molar-refractivity contribution in [2.24, 2.45) is 0 Å². The van der Waals surface area contributed by atoms with Crippen LogP contribution < -0.4 is 10.2 Å². The fourth-order valence-electron chi connectivity index (χ4n) is 4.00. The van der Waals surface area contributed by atoms with E-state index in [0.717, 1.165) is 5.69 Å². The zero-order chi connectivity index (χ0) is 23.4. The van der Waals surface area contributed by atoms with Gasteiger partial charge in [0.15, 0.2) is 5.78 Å². The Hall–Kier alpha value is -4.20. The minimum absolute atomic E-state index is 0.0969. The Morgan fingerprint density at radius 1 is 1.12 bits per heavy atom. The number of nitrogens with zero attached hydrogens (tertiary/aromatic N) is 2. The second kappa shape index (κ2) is 9.52. The van der Waals surface area contributed by atoms with E-state index in [1.165, 1.54) is 13.3 Å². The number of pyridine rings is 1. The fraction of sp³-hybridized carbons (Fsp3) is 0.200. The Balaban J connectivity index is 1.80. The number of hydrogen-bond acceptors (Lipinski definition) is 7. The Morgan fingerprint density at radius 3 is 2.58 bits per heavy atom. The molecule has 4 rings (SSSR count). The summed E-state index contributed by atoms with van der Waals surface area (Å²) in [6.07, 6.45) is 6.86. The number of benzene rings is 1. The van der Waals surface area contributed by atoms with Gasteiger partial charge in [0.2, 0.25) is 0 Å². The lowest BCUT2D eigenvalue weighted by atomic mass is 9.84. The molecule has 33 heavy (non-hydrogen) atoms. The first kappa shape index (κ1) is 22.0. The number of rotatable bonds is 6. The molecule has 0 radical (unpaired) electrons. The summed E-state index contributed by atoms with van der Waals surface area (Å²) in [6.45, 7) is -0.148. The molecule has 1 aliphatic heterocycles. The van der Waals surface area contributed by atoms with Crippen molar-refractivity contribution in [1.29, 1.82) is 0 Å². The van der Waals surface area contributed by atoms with Gasteiger partial charge in [0.05, 0.1) is 37.2 Å². The topological polar surface area (TPSA) is 97.8 Å². The second-order valence-corrected chi connectivity index (χ2v) is 7.46. The number of allylic oxidation sites excluding steroid dienone is 2. The molecule has 0 saturated heterocycles. The number of aromatic nitrogens is 1. The van der Waals surface area contributed by atoms with Crippen LogP contribution in [-0.4, -0.2) is 49.4 Å². The highest BCUT2D eigenvalue weighted by Gasteiger charge is 2.43. The van der Waals surface area contributed by atoms with Crippen LogP contribution in [0.15, 0.2) is 89.6 Å². The van der Waals surface area contributed by atoms with Gasteiger partial charge in [-0.15, -0.1) is 0 Å². The molecular formula is C25H23N3O5. The van der Waals surface area contributed by atoms with Crippen LogP contribution in [0.4, 0.5) is 5.69 Å². The number of esters is 1. The predicted molar refractivity (Wildman–Crippen MR) is 121 cm³/mol. The number of amides is 1. The lowest BCUT2D eigenvalue weighted by Crippen LogP contribution is -2.49. The summed E-state index contributed by atoms with van der Waals surface area (Å²) >= 11 is 0. The van der Waals surface area contributed by atoms with E-state index in [2.05, 4.69) is 10.3 Å². The molecule has 1 aromatic carbocycles. The normalized spacial score (nSPS) is 17.6. The number of methoxy groups -OCH3 is 2. The van der Waals surface area contributed by atoms with Crippen LogP contribution >= 0.6 is 0 Å². The summed E-state index contributed by atoms with van der Waals surface area (Å²) in [5, 5.41) is 2.74. The Bertz CT molecular complexity index is 1170. The van der Waals surface area contributed by atoms with Gasteiger partial charge in [-0.2, -0.15) is 0 Å². The van der Waals surface area contributed by atoms with Crippen LogP contribution in [-0.2, 0) is 19.1 Å². The molecule has 0 fully saturated rings. The third kappa shape index (κ3) is 4.27. The molecule has 2 heterocycles. The monoisotopic (exact) mass is 445 g/mol. The fourth-order valence-corrected chi connectivity index (χ4v) is 4.00. The van der Waals surface area contributed by atoms with E-state index in [-0.39, 0.29) is 23.6 Å². The highest BCUT2D eigenvalue weighted by molar-refractivity contribution is 6.17. The molecule has 0 bridgehead atoms. The summed E-state index contributed by atoms with van der Waals surface area (Å²) in [5.41, 5.74) is 1.83. The van der Waals surface area contributed by atoms with Crippen LogP contribution in [0.2, 0.25) is 0 Å². The molecule has 8 nitrogen and oxygen atoms in total. The third-order valence-electron chi connectivity index (χ3n) is 5.60. The number of fused-ring (bicyclic) bond motifs is 1. The molecule has 1 unspecified atom stereocenters. The number of nitrogens with one attached hydrogen (secondary N) is 1. The zero-order valence-corrected chi connectivity index (χ0v) is 18.3. The van der Waals surface area contributed by atoms with Gasteiger partial charge in [-0.1, -0.05) is 18.2 Å². The first-order valence-electron chi connectivity index (χ1n) is 10.4. The van der Waals surface area contributed by atoms with Crippen LogP contribution in [0.25, 0.3) is 0 Å². The van der Waals surface area contributed by atoms with Crippen molar-refractivity contribution in [3.8, 4) is 0 Å². The minimum atomic E-state index is -0.662. The molecule has 168 valence electrons. The van der Waals surface area contributed by atoms with E-state index in [1.807, 2.05) is 30.3 Å². The van der Waals surface area contributed by atoms with Crippen molar-refractivity contribution < 1.29 is 23.9 Å². The van der Waals surface area contributed by atoms with Crippen molar-refractivity contribution in [2.45, 2.75) is 12.5 Å². The lowest BCUT2D eigenvalue weighted by Gasteiger charge is -2.41. The molecule has 1 atom stereocenters. The molecule has 8 heteroatoms. The van der Waals surface area contributed by atoms with Crippen molar-refractivity contribution in [3.05, 3.63) is 95.2 Å². The number of carbonyl (C=O) groups excluding carboxylic acids is 3. The van der Waals surface area contributed by atoms with Gasteiger partial charge >= 0.3 is 5.97 Å². The van der Waals surface area contributed by atoms with Crippen LogP contribution in [0.3, 0.4) is 0 Å². The summed E-state index contributed by atoms with van der Waals surface area (Å²) < 4.78 is 10.5. The molecule has 1 N–H and O–H groups in total. The van der Waals surface area contributed by atoms with E-state index in [0.29, 0.717) is 23.3 Å². The lowest BCUT2D eigenvalue weighted by molar-refractivity contribution is -0.136. The van der Waals surface area contributed by atoms with Gasteiger partial charge in [-0.25, -0.2) is 4.79 Å². The van der Waals surface area contributed by atoms with Crippen molar-refractivity contribution in [2.75, 3.05) is 25.7 Å². The van der Waals surface area contributed by atoms with E-state index in [4.69, 9.17) is 9.47 Å². The number of Topliss-reactive ketones (excluding diaryl/α,β-unsaturated/α-hetero) is 1. The van der Waals surface area contributed by atoms with Gasteiger partial charge in [0.1, 0.15) is 5.70 Å². The predicted octanol–water partition coefficient (Wildman–Crippen LogP) is 2.56. The van der Waals surface area contributed by atoms with Crippen LogP contribution in [0, 0.1) is 0 Å². The number of para-hydroxylation sites is 1. The SMILES string of the molecule is COC(=O)C1=C(CNC(=O)c2cccnc2)C(=O)C2=CC=C(OC)CC2N1c1ccccc1. The van der Waals surface area contributed by atoms with Crippen molar-refractivity contribution >= 4 is 23.3 Å². The standard InChI is InChI=1S/C25H23N3O5/c1-32-18-10-11-19-21(13-18)28(17-8-4-3-5-9-17)22(25(31)33-2)20(23(19)29)15-27-24(30)16-7-6-12-26-14-16/h3-12,14,21H,13,15H2,1-2H3,(H,27,30). The third-order valence-corrected chi connectivity index (χ3v) is 5.60. The highest BCUT2D eigenvalue weighted by atomic mass is 16.5. The average Bonchev–Trinajstić information content (AvgIpc) is 2.87. The Labute approximate surface area is 191 Å². The van der Waals surface area contributed by atoms with Crippen molar-refractivity contribution in [3.63, 3.8) is 0 Å². The molecule has 2 aromatic rings. The molecule has 0 saturated carbocycles. The molecule has 2 aliphatic rings. The molecule has 1 aliphatic carbocycles. The highest BCUT2D eigenvalue weighted by Crippen LogP contribution is 2.38. The maximum Gasteiger partial charge on any atom is 0.355 e. The minimum Gasteiger partial charge on any atom is -0.501 e. The Morgan fingerprint density at radius 2 is 1.91 bits per heavy atom. The van der Waals surface area contributed by atoms with Gasteiger partial charge in [0.25, 0.3) is 5.91 Å². The van der Waals surface area contributed by atoms with Crippen LogP contribution in [0.1, 0.15) is 16.8 Å². The first-order chi connectivity index (χ1) is 16.0. The van der Waals surface area contributed by atoms with Gasteiger partial charge in [-0.3, -0.25) is 14.6 Å². The van der Waals surface area contributed by atoms with Crippen molar-refractivity contribution in [1.82, 2.24) is 10.3 Å². The van der Waals surface area contributed by atoms with Crippen LogP contribution in [0.5, 0.6) is 0 Å². The second-order valence-electron chi connectivity index (χ2n) is 7.46. The number of anilines is 1. The Kier molecular flexibility index (Phi) is 6.35. The maximum absolute atomic E-state index is 13.5. The van der Waals surface area contributed by atoms with E-state index in [9.17, 15) is 14.4 Å². The first-order valence-corrected chi connectivity index (χ1v) is 10.4. The number of carbonyl (C=O) groups is 3. The van der Waals surface area contributed by atoms with Gasteiger partial charge in [0, 0.05) is 36.6 Å². The number of ketones is 1. The molecule has 1 amide bonds. The zero-order valence-electron chi connectivity index (χ0n) is 18.3. The van der Waals surface area contributed by atoms with Gasteiger partial charge in [-0.05, 0) is 36.4 Å². The largest absolute Gasteiger partial charge is 0.501 e. The van der Waals surface area contributed by atoms with E-state index in [1.54, 1.807) is 42.5 Å². The molecule has 1 aromatic heterocycles. The van der Waals surface area contributed by atoms with Gasteiger partial charge < -0.3 is 19.7 Å². The summed E-state index contributed by atoms with van der Waals surface area (Å²) in [4.78, 5) is 44.8. The quantitative estimate of drug-likeness (QED) is 0.683. The molecule has 0 spiro atoms. The average molecular weight is 445 g/mol. The smallest absolute Gasteiger partial charge is 0.355 e. The van der Waals surface area contributed by atoms with E-state index < -0.39 is 17.9 Å². The summed E-state index contributed by atoms with van der Waals surface area (Å²) in [6, 6.07) is 12.1. The summed E-state index contributed by atoms with van der Waals surface area (Å²) in [7, 11) is 2.83. The number of hydrogen-bond donors (Lipinski definition) is 1. The van der Waals surface area contributed by atoms with E-state index >= 15 is 0 Å². The maximum atomic E-state index is 13.5. The summed E-state index contributed by atoms with van der Waals surface area (Å²) in [5.74, 6) is -0.689.